The molecule has 156 valence electrons. The number of thiophene rings is 1. The Bertz CT molecular complexity index is 849. The fourth-order valence-electron chi connectivity index (χ4n) is 2.53. The van der Waals surface area contributed by atoms with E-state index in [4.69, 9.17) is 10.1 Å². The van der Waals surface area contributed by atoms with E-state index < -0.39 is 10.0 Å². The van der Waals surface area contributed by atoms with Crippen molar-refractivity contribution in [1.82, 2.24) is 10.6 Å². The van der Waals surface area contributed by atoms with Gasteiger partial charge in [-0.15, -0.1) is 35.3 Å². The number of benzene rings is 1. The van der Waals surface area contributed by atoms with Crippen molar-refractivity contribution in [3.8, 4) is 0 Å². The molecule has 0 aliphatic rings. The number of halogens is 1. The molecule has 1 aromatic heterocycles. The first kappa shape index (κ1) is 24.9. The van der Waals surface area contributed by atoms with Gasteiger partial charge in [-0.1, -0.05) is 32.0 Å². The third-order valence-electron chi connectivity index (χ3n) is 4.12. The summed E-state index contributed by atoms with van der Waals surface area (Å²) in [5.41, 5.74) is 1.02. The lowest BCUT2D eigenvalue weighted by Gasteiger charge is -2.21. The highest BCUT2D eigenvalue weighted by Crippen LogP contribution is 2.27. The van der Waals surface area contributed by atoms with Crippen LogP contribution < -0.4 is 15.8 Å². The second-order valence-electron chi connectivity index (χ2n) is 6.92. The van der Waals surface area contributed by atoms with Gasteiger partial charge in [0.1, 0.15) is 0 Å². The van der Waals surface area contributed by atoms with Crippen molar-refractivity contribution in [3.05, 3.63) is 52.2 Å². The van der Waals surface area contributed by atoms with Crippen LogP contribution in [0.2, 0.25) is 0 Å². The molecule has 0 fully saturated rings. The summed E-state index contributed by atoms with van der Waals surface area (Å²) in [7, 11) is -3.64. The van der Waals surface area contributed by atoms with Crippen LogP contribution in [0.4, 0.5) is 0 Å². The van der Waals surface area contributed by atoms with Crippen LogP contribution in [0.15, 0.2) is 51.7 Å². The van der Waals surface area contributed by atoms with Crippen molar-refractivity contribution in [2.24, 2.45) is 10.1 Å². The van der Waals surface area contributed by atoms with Crippen LogP contribution in [0, 0.1) is 0 Å². The number of sulfonamides is 1. The predicted octanol–water partition coefficient (Wildman–Crippen LogP) is 3.09. The van der Waals surface area contributed by atoms with E-state index in [1.54, 1.807) is 23.5 Å². The summed E-state index contributed by atoms with van der Waals surface area (Å²) in [4.78, 5) is 6.17. The Kier molecular flexibility index (Phi) is 9.88. The molecule has 0 spiro atoms. The number of hydrogen-bond acceptors (Lipinski definition) is 4. The molecule has 0 radical (unpaired) electrons. The number of nitrogens with zero attached hydrogens (tertiary/aromatic N) is 1. The molecule has 9 heteroatoms. The first-order valence-corrected chi connectivity index (χ1v) is 11.3. The molecule has 1 heterocycles. The fourth-order valence-corrected chi connectivity index (χ4v) is 3.89. The molecule has 0 unspecified atom stereocenters. The molecule has 2 aromatic rings. The van der Waals surface area contributed by atoms with Crippen LogP contribution in [0.5, 0.6) is 0 Å². The topological polar surface area (TPSA) is 96.6 Å². The van der Waals surface area contributed by atoms with Gasteiger partial charge in [0.25, 0.3) is 0 Å². The minimum absolute atomic E-state index is 0. The summed E-state index contributed by atoms with van der Waals surface area (Å²) in [6, 6.07) is 10.8. The van der Waals surface area contributed by atoms with Crippen molar-refractivity contribution in [2.45, 2.75) is 37.5 Å². The van der Waals surface area contributed by atoms with Gasteiger partial charge in [-0.25, -0.2) is 13.6 Å². The van der Waals surface area contributed by atoms with Gasteiger partial charge in [0.15, 0.2) is 5.96 Å². The fraction of sp³-hybridized carbons (Fsp3) is 0.421. The Morgan fingerprint density at radius 3 is 2.39 bits per heavy atom. The molecule has 0 atom stereocenters. The maximum atomic E-state index is 11.3. The van der Waals surface area contributed by atoms with Gasteiger partial charge in [-0.2, -0.15) is 0 Å². The van der Waals surface area contributed by atoms with E-state index in [1.807, 2.05) is 6.92 Å². The lowest BCUT2D eigenvalue weighted by atomic mass is 9.92. The molecule has 1 aromatic carbocycles. The van der Waals surface area contributed by atoms with E-state index in [0.717, 1.165) is 24.5 Å². The largest absolute Gasteiger partial charge is 0.357 e. The van der Waals surface area contributed by atoms with Crippen LogP contribution in [-0.4, -0.2) is 34.0 Å². The minimum atomic E-state index is -3.64. The van der Waals surface area contributed by atoms with Crippen LogP contribution in [-0.2, 0) is 21.9 Å². The summed E-state index contributed by atoms with van der Waals surface area (Å²) >= 11 is 1.75. The third kappa shape index (κ3) is 7.69. The molecular weight excluding hydrogens is 507 g/mol. The van der Waals surface area contributed by atoms with Gasteiger partial charge in [-0.05, 0) is 42.5 Å². The van der Waals surface area contributed by atoms with Crippen molar-refractivity contribution in [2.75, 3.05) is 19.6 Å². The van der Waals surface area contributed by atoms with Crippen LogP contribution >= 0.6 is 35.3 Å². The maximum absolute atomic E-state index is 11.3. The van der Waals surface area contributed by atoms with E-state index >= 15 is 0 Å². The monoisotopic (exact) mass is 536 g/mol. The number of rotatable bonds is 8. The summed E-state index contributed by atoms with van der Waals surface area (Å²) in [5.74, 6) is 0.781. The number of guanidine groups is 1. The van der Waals surface area contributed by atoms with Crippen molar-refractivity contribution < 1.29 is 8.42 Å². The maximum Gasteiger partial charge on any atom is 0.238 e. The number of aliphatic imine (C=N–C) groups is 1. The molecule has 28 heavy (non-hydrogen) atoms. The molecular formula is C19H29IN4O2S2. The average Bonchev–Trinajstić information content (AvgIpc) is 3.15. The van der Waals surface area contributed by atoms with Gasteiger partial charge < -0.3 is 10.6 Å². The Morgan fingerprint density at radius 2 is 1.86 bits per heavy atom. The number of hydrogen-bond donors (Lipinski definition) is 3. The number of primary sulfonamides is 1. The van der Waals surface area contributed by atoms with Gasteiger partial charge >= 0.3 is 0 Å². The standard InChI is InChI=1S/C19H28N4O2S2.HI/c1-4-21-18(23-14-19(2,3)17-6-5-13-26-17)22-12-11-15-7-9-16(10-8-15)27(20,24)25;/h5-10,13H,4,11-12,14H2,1-3H3,(H2,20,24,25)(H2,21,22,23);1H. The average molecular weight is 537 g/mol. The molecule has 0 aliphatic carbocycles. The summed E-state index contributed by atoms with van der Waals surface area (Å²) in [6.07, 6.45) is 0.754. The highest BCUT2D eigenvalue weighted by Gasteiger charge is 2.21. The summed E-state index contributed by atoms with van der Waals surface area (Å²) in [5, 5.41) is 13.8. The van der Waals surface area contributed by atoms with Gasteiger partial charge in [-0.3, -0.25) is 4.99 Å². The van der Waals surface area contributed by atoms with Gasteiger partial charge in [0.2, 0.25) is 10.0 Å². The van der Waals surface area contributed by atoms with Crippen molar-refractivity contribution >= 4 is 51.3 Å². The molecule has 0 bridgehead atoms. The van der Waals surface area contributed by atoms with Crippen LogP contribution in [0.3, 0.4) is 0 Å². The van der Waals surface area contributed by atoms with Gasteiger partial charge in [0, 0.05) is 23.4 Å². The number of nitrogens with two attached hydrogens (primary N) is 1. The zero-order valence-corrected chi connectivity index (χ0v) is 20.4. The quantitative estimate of drug-likeness (QED) is 0.275. The zero-order chi connectivity index (χ0) is 19.9. The lowest BCUT2D eigenvalue weighted by Crippen LogP contribution is -2.39. The molecule has 0 amide bonds. The molecule has 6 nitrogen and oxygen atoms in total. The van der Waals surface area contributed by atoms with E-state index in [9.17, 15) is 8.42 Å². The normalized spacial score (nSPS) is 12.4. The second kappa shape index (κ2) is 11.1. The highest BCUT2D eigenvalue weighted by molar-refractivity contribution is 14.0. The summed E-state index contributed by atoms with van der Waals surface area (Å²) < 4.78 is 22.6. The first-order valence-electron chi connectivity index (χ1n) is 8.90. The molecule has 0 saturated heterocycles. The number of nitrogens with one attached hydrogen (secondary N) is 2. The van der Waals surface area contributed by atoms with E-state index in [1.165, 1.54) is 17.0 Å². The van der Waals surface area contributed by atoms with Gasteiger partial charge in [0.05, 0.1) is 11.4 Å². The minimum Gasteiger partial charge on any atom is -0.357 e. The van der Waals surface area contributed by atoms with Crippen molar-refractivity contribution in [3.63, 3.8) is 0 Å². The van der Waals surface area contributed by atoms with E-state index in [0.29, 0.717) is 13.1 Å². The van der Waals surface area contributed by atoms with Crippen molar-refractivity contribution in [1.29, 1.82) is 0 Å². The Hall–Kier alpha value is -1.17. The first-order chi connectivity index (χ1) is 12.7. The second-order valence-corrected chi connectivity index (χ2v) is 9.43. The zero-order valence-electron chi connectivity index (χ0n) is 16.4. The predicted molar refractivity (Wildman–Crippen MR) is 128 cm³/mol. The smallest absolute Gasteiger partial charge is 0.238 e. The molecule has 0 saturated carbocycles. The Morgan fingerprint density at radius 1 is 1.18 bits per heavy atom. The third-order valence-corrected chi connectivity index (χ3v) is 6.29. The molecule has 4 N–H and O–H groups in total. The Labute approximate surface area is 189 Å². The molecule has 2 rings (SSSR count). The van der Waals surface area contributed by atoms with E-state index in [2.05, 4.69) is 42.0 Å². The highest BCUT2D eigenvalue weighted by atomic mass is 127. The Balaban J connectivity index is 0.00000392. The molecule has 0 aliphatic heterocycles. The lowest BCUT2D eigenvalue weighted by molar-refractivity contribution is 0.548. The van der Waals surface area contributed by atoms with E-state index in [-0.39, 0.29) is 34.3 Å². The summed E-state index contributed by atoms with van der Waals surface area (Å²) in [6.45, 7) is 8.59. The van der Waals surface area contributed by atoms with Crippen LogP contribution in [0.25, 0.3) is 0 Å². The van der Waals surface area contributed by atoms with Crippen LogP contribution in [0.1, 0.15) is 31.2 Å². The SMILES string of the molecule is CCNC(=NCC(C)(C)c1cccs1)NCCc1ccc(S(N)(=O)=O)cc1.I.